The topological polar surface area (TPSA) is 57.7 Å². The molecule has 0 amide bonds. The summed E-state index contributed by atoms with van der Waals surface area (Å²) in [6.45, 7) is 2.39. The third kappa shape index (κ3) is 4.84. The molecule has 1 heterocycles. The molecule has 126 valence electrons. The molecule has 0 fully saturated rings. The molecule has 0 bridgehead atoms. The molecule has 0 N–H and O–H groups in total. The van der Waals surface area contributed by atoms with E-state index in [-0.39, 0.29) is 11.5 Å². The van der Waals surface area contributed by atoms with Crippen LogP contribution in [-0.2, 0) is 14.3 Å². The fraction of sp³-hybridized carbons (Fsp3) is 0.263. The van der Waals surface area contributed by atoms with E-state index in [4.69, 9.17) is 14.2 Å². The molecule has 0 spiro atoms. The molecular weight excluding hydrogens is 306 g/mol. The van der Waals surface area contributed by atoms with Gasteiger partial charge in [0, 0.05) is 12.3 Å². The van der Waals surface area contributed by atoms with E-state index in [1.54, 1.807) is 36.5 Å². The molecule has 0 aliphatic heterocycles. The standard InChI is InChI=1S/C19H21NO4/c1-3-4-14-23-18(21)17(15-10-6-5-7-11-15)19(22-2)24-16-12-8-9-13-20-16/h5-13H,3-4,14H2,1-2H3. The summed E-state index contributed by atoms with van der Waals surface area (Å²) in [7, 11) is 1.44. The zero-order valence-electron chi connectivity index (χ0n) is 13.9. The van der Waals surface area contributed by atoms with Gasteiger partial charge in [-0.25, -0.2) is 9.78 Å². The molecule has 24 heavy (non-hydrogen) atoms. The molecule has 2 rings (SSSR count). The lowest BCUT2D eigenvalue weighted by Gasteiger charge is -2.14. The van der Waals surface area contributed by atoms with E-state index in [0.717, 1.165) is 12.8 Å². The van der Waals surface area contributed by atoms with Crippen LogP contribution in [0.1, 0.15) is 25.3 Å². The summed E-state index contributed by atoms with van der Waals surface area (Å²) in [5.41, 5.74) is 0.895. The number of carbonyl (C=O) groups is 1. The van der Waals surface area contributed by atoms with Crippen LogP contribution in [0.2, 0.25) is 0 Å². The molecule has 2 aromatic rings. The van der Waals surface area contributed by atoms with E-state index in [0.29, 0.717) is 18.1 Å². The summed E-state index contributed by atoms with van der Waals surface area (Å²) in [6.07, 6.45) is 3.35. The number of nitrogens with zero attached hydrogens (tertiary/aromatic N) is 1. The van der Waals surface area contributed by atoms with Crippen LogP contribution in [0, 0.1) is 0 Å². The van der Waals surface area contributed by atoms with Crippen molar-refractivity contribution in [1.29, 1.82) is 0 Å². The Balaban J connectivity index is 2.36. The van der Waals surface area contributed by atoms with Crippen LogP contribution in [0.5, 0.6) is 5.88 Å². The molecule has 1 aromatic carbocycles. The van der Waals surface area contributed by atoms with Gasteiger partial charge in [-0.2, -0.15) is 0 Å². The van der Waals surface area contributed by atoms with Crippen molar-refractivity contribution < 1.29 is 19.0 Å². The lowest BCUT2D eigenvalue weighted by molar-refractivity contribution is -0.137. The van der Waals surface area contributed by atoms with Gasteiger partial charge in [0.15, 0.2) is 0 Å². The third-order valence-corrected chi connectivity index (χ3v) is 3.22. The monoisotopic (exact) mass is 327 g/mol. The third-order valence-electron chi connectivity index (χ3n) is 3.22. The molecule has 5 heteroatoms. The highest BCUT2D eigenvalue weighted by Crippen LogP contribution is 2.23. The highest BCUT2D eigenvalue weighted by atomic mass is 16.7. The highest BCUT2D eigenvalue weighted by molar-refractivity contribution is 6.16. The fourth-order valence-corrected chi connectivity index (χ4v) is 2.00. The van der Waals surface area contributed by atoms with Crippen LogP contribution < -0.4 is 4.74 Å². The first kappa shape index (κ1) is 17.5. The molecule has 0 aliphatic carbocycles. The minimum Gasteiger partial charge on any atom is -0.468 e. The second kappa shape index (κ2) is 9.35. The van der Waals surface area contributed by atoms with Crippen molar-refractivity contribution >= 4 is 11.5 Å². The smallest absolute Gasteiger partial charge is 0.346 e. The molecule has 0 aliphatic rings. The number of methoxy groups -OCH3 is 1. The van der Waals surface area contributed by atoms with Crippen molar-refractivity contribution in [2.24, 2.45) is 0 Å². The van der Waals surface area contributed by atoms with E-state index < -0.39 is 5.97 Å². The van der Waals surface area contributed by atoms with Gasteiger partial charge >= 0.3 is 11.9 Å². The van der Waals surface area contributed by atoms with Gasteiger partial charge in [-0.15, -0.1) is 0 Å². The highest BCUT2D eigenvalue weighted by Gasteiger charge is 2.22. The molecular formula is C19H21NO4. The van der Waals surface area contributed by atoms with Gasteiger partial charge < -0.3 is 14.2 Å². The molecule has 0 atom stereocenters. The maximum Gasteiger partial charge on any atom is 0.346 e. The number of rotatable bonds is 8. The van der Waals surface area contributed by atoms with Crippen LogP contribution in [0.4, 0.5) is 0 Å². The number of esters is 1. The summed E-state index contributed by atoms with van der Waals surface area (Å²) in [5.74, 6) is -0.0898. The predicted octanol–water partition coefficient (Wildman–Crippen LogP) is 3.82. The average molecular weight is 327 g/mol. The summed E-state index contributed by atoms with van der Waals surface area (Å²) in [4.78, 5) is 16.6. The Hall–Kier alpha value is -2.82. The second-order valence-electron chi connectivity index (χ2n) is 4.99. The van der Waals surface area contributed by atoms with Gasteiger partial charge in [0.05, 0.1) is 13.7 Å². The molecule has 0 saturated heterocycles. The van der Waals surface area contributed by atoms with Crippen LogP contribution in [-0.4, -0.2) is 24.7 Å². The maximum absolute atomic E-state index is 12.5. The number of ether oxygens (including phenoxy) is 3. The summed E-state index contributed by atoms with van der Waals surface area (Å²) in [6, 6.07) is 14.4. The quantitative estimate of drug-likeness (QED) is 0.319. The molecule has 0 unspecified atom stereocenters. The number of aromatic nitrogens is 1. The van der Waals surface area contributed by atoms with Crippen LogP contribution in [0.25, 0.3) is 5.57 Å². The minimum atomic E-state index is -0.484. The number of benzene rings is 1. The fourth-order valence-electron chi connectivity index (χ4n) is 2.00. The van der Waals surface area contributed by atoms with Gasteiger partial charge in [0.1, 0.15) is 5.57 Å². The number of hydrogen-bond acceptors (Lipinski definition) is 5. The second-order valence-corrected chi connectivity index (χ2v) is 4.99. The Kier molecular flexibility index (Phi) is 6.83. The van der Waals surface area contributed by atoms with Crippen molar-refractivity contribution in [3.05, 3.63) is 66.2 Å². The Morgan fingerprint density at radius 3 is 2.46 bits per heavy atom. The van der Waals surface area contributed by atoms with E-state index >= 15 is 0 Å². The van der Waals surface area contributed by atoms with E-state index in [9.17, 15) is 4.79 Å². The van der Waals surface area contributed by atoms with E-state index in [2.05, 4.69) is 4.98 Å². The van der Waals surface area contributed by atoms with Gasteiger partial charge in [-0.1, -0.05) is 49.7 Å². The van der Waals surface area contributed by atoms with Crippen molar-refractivity contribution in [3.8, 4) is 5.88 Å². The number of pyridine rings is 1. The predicted molar refractivity (Wildman–Crippen MR) is 91.1 cm³/mol. The molecule has 5 nitrogen and oxygen atoms in total. The van der Waals surface area contributed by atoms with Gasteiger partial charge in [-0.3, -0.25) is 0 Å². The molecule has 0 radical (unpaired) electrons. The molecule has 0 saturated carbocycles. The van der Waals surface area contributed by atoms with Gasteiger partial charge in [-0.05, 0) is 18.1 Å². The van der Waals surface area contributed by atoms with Crippen LogP contribution in [0.15, 0.2) is 60.7 Å². The van der Waals surface area contributed by atoms with E-state index in [1.807, 2.05) is 25.1 Å². The Morgan fingerprint density at radius 1 is 1.08 bits per heavy atom. The summed E-state index contributed by atoms with van der Waals surface area (Å²) < 4.78 is 16.3. The van der Waals surface area contributed by atoms with Crippen LogP contribution in [0.3, 0.4) is 0 Å². The average Bonchev–Trinajstić information content (AvgIpc) is 2.63. The first-order chi connectivity index (χ1) is 11.8. The van der Waals surface area contributed by atoms with Crippen molar-refractivity contribution in [3.63, 3.8) is 0 Å². The largest absolute Gasteiger partial charge is 0.468 e. The van der Waals surface area contributed by atoms with Gasteiger partial charge in [0.2, 0.25) is 5.88 Å². The maximum atomic E-state index is 12.5. The number of unbranched alkanes of at least 4 members (excludes halogenated alkanes) is 1. The lowest BCUT2D eigenvalue weighted by atomic mass is 10.1. The van der Waals surface area contributed by atoms with Crippen LogP contribution >= 0.6 is 0 Å². The van der Waals surface area contributed by atoms with Crippen molar-refractivity contribution in [1.82, 2.24) is 4.98 Å². The SMILES string of the molecule is CCCCOC(=O)C(=C(OC)Oc1ccccn1)c1ccccc1. The first-order valence-corrected chi connectivity index (χ1v) is 7.86. The Bertz CT molecular complexity index is 668. The summed E-state index contributed by atoms with van der Waals surface area (Å²) >= 11 is 0. The van der Waals surface area contributed by atoms with Crippen molar-refractivity contribution in [2.75, 3.05) is 13.7 Å². The first-order valence-electron chi connectivity index (χ1n) is 7.86. The Labute approximate surface area is 141 Å². The van der Waals surface area contributed by atoms with E-state index in [1.165, 1.54) is 7.11 Å². The van der Waals surface area contributed by atoms with Gasteiger partial charge in [0.25, 0.3) is 0 Å². The zero-order chi connectivity index (χ0) is 17.2. The Morgan fingerprint density at radius 2 is 1.83 bits per heavy atom. The minimum absolute atomic E-state index is 0.0569. The number of hydrogen-bond donors (Lipinski definition) is 0. The number of carbonyl (C=O) groups excluding carboxylic acids is 1. The summed E-state index contributed by atoms with van der Waals surface area (Å²) in [5, 5.41) is 0. The van der Waals surface area contributed by atoms with Crippen molar-refractivity contribution in [2.45, 2.75) is 19.8 Å². The zero-order valence-corrected chi connectivity index (χ0v) is 13.9. The lowest BCUT2D eigenvalue weighted by Crippen LogP contribution is -2.14. The molecule has 1 aromatic heterocycles. The normalized spacial score (nSPS) is 11.4.